The Morgan fingerprint density at radius 3 is 2.72 bits per heavy atom. The van der Waals surface area contributed by atoms with E-state index < -0.39 is 5.91 Å². The molecule has 0 unspecified atom stereocenters. The van der Waals surface area contributed by atoms with E-state index in [4.69, 9.17) is 34.8 Å². The molecule has 2 heterocycles. The first kappa shape index (κ1) is 13.1. The van der Waals surface area contributed by atoms with E-state index in [-0.39, 0.29) is 27.3 Å². The van der Waals surface area contributed by atoms with E-state index in [1.165, 1.54) is 12.5 Å². The van der Waals surface area contributed by atoms with E-state index in [0.29, 0.717) is 0 Å². The second-order valence-corrected chi connectivity index (χ2v) is 4.51. The van der Waals surface area contributed by atoms with Crippen molar-refractivity contribution in [3.8, 4) is 0 Å². The van der Waals surface area contributed by atoms with Crippen molar-refractivity contribution in [1.29, 1.82) is 0 Å². The number of carbonyl (C=O) groups is 1. The fourth-order valence-corrected chi connectivity index (χ4v) is 1.81. The molecule has 0 aliphatic carbocycles. The number of pyridine rings is 1. The molecule has 94 valence electrons. The predicted octanol–water partition coefficient (Wildman–Crippen LogP) is 2.69. The van der Waals surface area contributed by atoms with Gasteiger partial charge in [0.05, 0.1) is 33.6 Å². The molecule has 0 spiro atoms. The first-order valence-electron chi connectivity index (χ1n) is 4.84. The molecule has 0 fully saturated rings. The lowest BCUT2D eigenvalue weighted by Gasteiger charge is -2.06. The Morgan fingerprint density at radius 1 is 1.28 bits per heavy atom. The Morgan fingerprint density at radius 2 is 2.06 bits per heavy atom. The highest BCUT2D eigenvalue weighted by Gasteiger charge is 2.16. The van der Waals surface area contributed by atoms with Gasteiger partial charge < -0.3 is 10.3 Å². The van der Waals surface area contributed by atoms with Crippen LogP contribution in [0.5, 0.6) is 0 Å². The summed E-state index contributed by atoms with van der Waals surface area (Å²) < 4.78 is 0. The van der Waals surface area contributed by atoms with Crippen molar-refractivity contribution in [2.45, 2.75) is 6.54 Å². The third kappa shape index (κ3) is 2.75. The van der Waals surface area contributed by atoms with Gasteiger partial charge in [0.15, 0.2) is 0 Å². The average molecular weight is 306 g/mol. The highest BCUT2D eigenvalue weighted by atomic mass is 35.5. The number of imidazole rings is 1. The van der Waals surface area contributed by atoms with Crippen LogP contribution in [0.25, 0.3) is 0 Å². The van der Waals surface area contributed by atoms with Crippen LogP contribution >= 0.6 is 34.8 Å². The number of nitrogens with zero attached hydrogens (tertiary/aromatic N) is 2. The Kier molecular flexibility index (Phi) is 4.06. The Bertz CT molecular complexity index is 571. The topological polar surface area (TPSA) is 70.7 Å². The van der Waals surface area contributed by atoms with Crippen LogP contribution in [-0.4, -0.2) is 20.9 Å². The second kappa shape index (κ2) is 5.56. The second-order valence-electron chi connectivity index (χ2n) is 3.34. The maximum Gasteiger partial charge on any atom is 0.271 e. The Hall–Kier alpha value is -1.30. The summed E-state index contributed by atoms with van der Waals surface area (Å²) in [5, 5.41) is 2.98. The molecule has 2 aromatic heterocycles. The normalized spacial score (nSPS) is 10.4. The van der Waals surface area contributed by atoms with Crippen molar-refractivity contribution >= 4 is 40.7 Å². The van der Waals surface area contributed by atoms with Crippen molar-refractivity contribution in [2.75, 3.05) is 0 Å². The number of carbonyl (C=O) groups excluding carboxylic acids is 1. The lowest BCUT2D eigenvalue weighted by Crippen LogP contribution is -2.24. The molecule has 5 nitrogen and oxygen atoms in total. The highest BCUT2D eigenvalue weighted by molar-refractivity contribution is 6.48. The molecular weight excluding hydrogens is 298 g/mol. The van der Waals surface area contributed by atoms with Crippen molar-refractivity contribution < 1.29 is 4.79 Å². The molecule has 2 N–H and O–H groups in total. The minimum atomic E-state index is -0.437. The number of aromatic nitrogens is 3. The molecule has 18 heavy (non-hydrogen) atoms. The SMILES string of the molecule is O=C(NCc1cnc[nH]1)c1ncc(Cl)c(Cl)c1Cl. The van der Waals surface area contributed by atoms with Gasteiger partial charge in [-0.05, 0) is 0 Å². The van der Waals surface area contributed by atoms with Crippen LogP contribution in [0.2, 0.25) is 15.1 Å². The van der Waals surface area contributed by atoms with E-state index in [0.717, 1.165) is 5.69 Å². The molecule has 0 aliphatic heterocycles. The maximum absolute atomic E-state index is 11.8. The summed E-state index contributed by atoms with van der Waals surface area (Å²) in [7, 11) is 0. The van der Waals surface area contributed by atoms with E-state index >= 15 is 0 Å². The molecule has 0 aromatic carbocycles. The quantitative estimate of drug-likeness (QED) is 0.916. The zero-order valence-corrected chi connectivity index (χ0v) is 11.1. The van der Waals surface area contributed by atoms with Gasteiger partial charge in [0.2, 0.25) is 0 Å². The zero-order chi connectivity index (χ0) is 13.1. The number of amides is 1. The minimum absolute atomic E-state index is 0.0329. The van der Waals surface area contributed by atoms with Gasteiger partial charge in [0, 0.05) is 12.4 Å². The predicted molar refractivity (Wildman–Crippen MR) is 69.0 cm³/mol. The number of rotatable bonds is 3. The summed E-state index contributed by atoms with van der Waals surface area (Å²) in [6, 6.07) is 0. The molecule has 2 rings (SSSR count). The van der Waals surface area contributed by atoms with Crippen molar-refractivity contribution in [3.63, 3.8) is 0 Å². The van der Waals surface area contributed by atoms with Crippen molar-refractivity contribution in [2.24, 2.45) is 0 Å². The molecule has 1 amide bonds. The molecule has 0 bridgehead atoms. The van der Waals surface area contributed by atoms with Crippen LogP contribution in [0.15, 0.2) is 18.7 Å². The average Bonchev–Trinajstić information content (AvgIpc) is 2.86. The highest BCUT2D eigenvalue weighted by Crippen LogP contribution is 2.30. The third-order valence-corrected chi connectivity index (χ3v) is 3.37. The summed E-state index contributed by atoms with van der Waals surface area (Å²) in [5.74, 6) is -0.437. The first-order valence-corrected chi connectivity index (χ1v) is 5.98. The van der Waals surface area contributed by atoms with Crippen LogP contribution in [0.4, 0.5) is 0 Å². The van der Waals surface area contributed by atoms with Crippen molar-refractivity contribution in [3.05, 3.63) is 45.2 Å². The molecule has 8 heteroatoms. The number of H-pyrrole nitrogens is 1. The summed E-state index contributed by atoms with van der Waals surface area (Å²) in [6.45, 7) is 0.289. The third-order valence-electron chi connectivity index (χ3n) is 2.13. The number of halogens is 3. The molecule has 0 aliphatic rings. The largest absolute Gasteiger partial charge is 0.347 e. The number of nitrogens with one attached hydrogen (secondary N) is 2. The van der Waals surface area contributed by atoms with Gasteiger partial charge >= 0.3 is 0 Å². The standard InChI is InChI=1S/C10H7Cl3N4O/c11-6-3-15-9(8(13)7(6)12)10(18)16-2-5-1-14-4-17-5/h1,3-4H,2H2,(H,14,17)(H,16,18). The monoisotopic (exact) mass is 304 g/mol. The van der Waals surface area contributed by atoms with Crippen LogP contribution in [0, 0.1) is 0 Å². The van der Waals surface area contributed by atoms with Crippen LogP contribution < -0.4 is 5.32 Å². The molecule has 0 atom stereocenters. The molecule has 2 aromatic rings. The molecule has 0 saturated heterocycles. The van der Waals surface area contributed by atoms with Gasteiger partial charge in [-0.3, -0.25) is 4.79 Å². The maximum atomic E-state index is 11.8. The van der Waals surface area contributed by atoms with Gasteiger partial charge in [-0.1, -0.05) is 34.8 Å². The van der Waals surface area contributed by atoms with Gasteiger partial charge in [-0.25, -0.2) is 9.97 Å². The van der Waals surface area contributed by atoms with Crippen LogP contribution in [0.1, 0.15) is 16.2 Å². The summed E-state index contributed by atoms with van der Waals surface area (Å²) in [5.41, 5.74) is 0.796. The number of aromatic amines is 1. The van der Waals surface area contributed by atoms with Gasteiger partial charge in [-0.2, -0.15) is 0 Å². The summed E-state index contributed by atoms with van der Waals surface area (Å²) in [4.78, 5) is 22.4. The lowest BCUT2D eigenvalue weighted by molar-refractivity contribution is 0.0945. The fraction of sp³-hybridized carbons (Fsp3) is 0.100. The summed E-state index contributed by atoms with van der Waals surface area (Å²) in [6.07, 6.45) is 4.40. The lowest BCUT2D eigenvalue weighted by atomic mass is 10.3. The fourth-order valence-electron chi connectivity index (χ4n) is 1.24. The molecule has 0 radical (unpaired) electrons. The van der Waals surface area contributed by atoms with Crippen LogP contribution in [-0.2, 0) is 6.54 Å². The minimum Gasteiger partial charge on any atom is -0.347 e. The Labute approximate surface area is 117 Å². The van der Waals surface area contributed by atoms with Gasteiger partial charge in [0.25, 0.3) is 5.91 Å². The van der Waals surface area contributed by atoms with E-state index in [1.54, 1.807) is 6.20 Å². The zero-order valence-electron chi connectivity index (χ0n) is 8.88. The van der Waals surface area contributed by atoms with Crippen LogP contribution in [0.3, 0.4) is 0 Å². The van der Waals surface area contributed by atoms with E-state index in [1.807, 2.05) is 0 Å². The van der Waals surface area contributed by atoms with E-state index in [9.17, 15) is 4.79 Å². The van der Waals surface area contributed by atoms with Gasteiger partial charge in [-0.15, -0.1) is 0 Å². The Balaban J connectivity index is 2.12. The smallest absolute Gasteiger partial charge is 0.271 e. The van der Waals surface area contributed by atoms with E-state index in [2.05, 4.69) is 20.3 Å². The number of hydrogen-bond acceptors (Lipinski definition) is 3. The number of hydrogen-bond donors (Lipinski definition) is 2. The first-order chi connectivity index (χ1) is 8.59. The van der Waals surface area contributed by atoms with Gasteiger partial charge in [0.1, 0.15) is 5.69 Å². The molecular formula is C10H7Cl3N4O. The summed E-state index contributed by atoms with van der Waals surface area (Å²) >= 11 is 17.4. The van der Waals surface area contributed by atoms with Crippen molar-refractivity contribution in [1.82, 2.24) is 20.3 Å². The molecule has 0 saturated carbocycles.